The van der Waals surface area contributed by atoms with Gasteiger partial charge in [-0.15, -0.1) is 0 Å². The first-order valence-electron chi connectivity index (χ1n) is 7.34. The molecule has 0 unspecified atom stereocenters. The Morgan fingerprint density at radius 1 is 1.00 bits per heavy atom. The van der Waals surface area contributed by atoms with E-state index in [0.717, 1.165) is 5.56 Å². The molecule has 3 aromatic rings. The molecule has 0 fully saturated rings. The van der Waals surface area contributed by atoms with Gasteiger partial charge in [-0.25, -0.2) is 0 Å². The van der Waals surface area contributed by atoms with Crippen LogP contribution in [0.5, 0.6) is 0 Å². The van der Waals surface area contributed by atoms with Crippen molar-refractivity contribution >= 4 is 16.9 Å². The van der Waals surface area contributed by atoms with Gasteiger partial charge in [0, 0.05) is 19.7 Å². The van der Waals surface area contributed by atoms with Gasteiger partial charge in [0.25, 0.3) is 5.91 Å². The van der Waals surface area contributed by atoms with Gasteiger partial charge < -0.3 is 9.32 Å². The molecule has 1 amide bonds. The lowest BCUT2D eigenvalue weighted by Crippen LogP contribution is -2.28. The molecule has 4 heteroatoms. The van der Waals surface area contributed by atoms with E-state index in [2.05, 4.69) is 0 Å². The molecular weight excluding hydrogens is 290 g/mol. The maximum absolute atomic E-state index is 12.9. The Hall–Kier alpha value is -2.88. The lowest BCUT2D eigenvalue weighted by atomic mass is 10.0. The molecule has 0 spiro atoms. The van der Waals surface area contributed by atoms with Gasteiger partial charge >= 0.3 is 0 Å². The number of amides is 1. The largest absolute Gasteiger partial charge is 0.455 e. The highest BCUT2D eigenvalue weighted by atomic mass is 16.3. The van der Waals surface area contributed by atoms with Gasteiger partial charge in [-0.1, -0.05) is 42.5 Å². The summed E-state index contributed by atoms with van der Waals surface area (Å²) in [4.78, 5) is 26.9. The maximum Gasteiger partial charge on any atom is 0.261 e. The molecule has 0 N–H and O–H groups in total. The smallest absolute Gasteiger partial charge is 0.261 e. The number of carbonyl (C=O) groups is 1. The summed E-state index contributed by atoms with van der Waals surface area (Å²) in [7, 11) is 3.24. The van der Waals surface area contributed by atoms with E-state index < -0.39 is 0 Å². The lowest BCUT2D eigenvalue weighted by molar-refractivity contribution is 0.0825. The highest BCUT2D eigenvalue weighted by Gasteiger charge is 2.23. The second-order valence-electron chi connectivity index (χ2n) is 5.65. The zero-order valence-corrected chi connectivity index (χ0v) is 13.3. The number of hydrogen-bond acceptors (Lipinski definition) is 3. The summed E-state index contributed by atoms with van der Waals surface area (Å²) in [5.74, 6) is -0.0443. The van der Waals surface area contributed by atoms with Crippen molar-refractivity contribution in [3.05, 3.63) is 69.9 Å². The van der Waals surface area contributed by atoms with Gasteiger partial charge in [-0.2, -0.15) is 0 Å². The number of fused-ring (bicyclic) bond motifs is 1. The SMILES string of the molecule is Cc1cccc2c(=O)c(C(=O)N(C)C)c(-c3ccccc3)oc12. The Morgan fingerprint density at radius 3 is 2.35 bits per heavy atom. The van der Waals surface area contributed by atoms with E-state index >= 15 is 0 Å². The summed E-state index contributed by atoms with van der Waals surface area (Å²) in [6.45, 7) is 1.88. The van der Waals surface area contributed by atoms with Crippen LogP contribution in [0.1, 0.15) is 15.9 Å². The van der Waals surface area contributed by atoms with Crippen molar-refractivity contribution in [3.8, 4) is 11.3 Å². The van der Waals surface area contributed by atoms with Gasteiger partial charge in [0.15, 0.2) is 5.76 Å². The number of para-hydroxylation sites is 1. The first-order valence-corrected chi connectivity index (χ1v) is 7.34. The summed E-state index contributed by atoms with van der Waals surface area (Å²) in [5, 5.41) is 0.426. The number of nitrogens with zero attached hydrogens (tertiary/aromatic N) is 1. The highest BCUT2D eigenvalue weighted by Crippen LogP contribution is 2.27. The Bertz CT molecular complexity index is 940. The third kappa shape index (κ3) is 2.52. The van der Waals surface area contributed by atoms with Crippen LogP contribution in [-0.2, 0) is 0 Å². The third-order valence-electron chi connectivity index (χ3n) is 3.77. The minimum Gasteiger partial charge on any atom is -0.455 e. The number of aryl methyl sites for hydroxylation is 1. The van der Waals surface area contributed by atoms with Gasteiger partial charge in [0.05, 0.1) is 5.39 Å². The molecule has 23 heavy (non-hydrogen) atoms. The monoisotopic (exact) mass is 307 g/mol. The van der Waals surface area contributed by atoms with Gasteiger partial charge in [-0.05, 0) is 18.6 Å². The van der Waals surface area contributed by atoms with Crippen molar-refractivity contribution in [2.75, 3.05) is 14.1 Å². The van der Waals surface area contributed by atoms with Crippen LogP contribution in [0.2, 0.25) is 0 Å². The predicted molar refractivity (Wildman–Crippen MR) is 90.7 cm³/mol. The molecule has 4 nitrogen and oxygen atoms in total. The Kier molecular flexibility index (Phi) is 3.74. The van der Waals surface area contributed by atoms with Crippen LogP contribution in [0.4, 0.5) is 0 Å². The number of carbonyl (C=O) groups excluding carboxylic acids is 1. The van der Waals surface area contributed by atoms with Crippen LogP contribution in [0, 0.1) is 6.92 Å². The van der Waals surface area contributed by atoms with Gasteiger partial charge in [0.1, 0.15) is 11.1 Å². The zero-order valence-electron chi connectivity index (χ0n) is 13.3. The van der Waals surface area contributed by atoms with Crippen molar-refractivity contribution in [1.29, 1.82) is 0 Å². The highest BCUT2D eigenvalue weighted by molar-refractivity contribution is 6.02. The van der Waals surface area contributed by atoms with Gasteiger partial charge in [0.2, 0.25) is 5.43 Å². The van der Waals surface area contributed by atoms with E-state index in [4.69, 9.17) is 4.42 Å². The second kappa shape index (κ2) is 5.72. The van der Waals surface area contributed by atoms with Crippen molar-refractivity contribution in [3.63, 3.8) is 0 Å². The number of benzene rings is 2. The number of hydrogen-bond donors (Lipinski definition) is 0. The summed E-state index contributed by atoms with van der Waals surface area (Å²) in [6.07, 6.45) is 0. The van der Waals surface area contributed by atoms with Crippen LogP contribution in [0.25, 0.3) is 22.3 Å². The first kappa shape index (κ1) is 15.0. The molecule has 0 aliphatic carbocycles. The molecule has 2 aromatic carbocycles. The predicted octanol–water partition coefficient (Wildman–Crippen LogP) is 3.47. The van der Waals surface area contributed by atoms with E-state index in [9.17, 15) is 9.59 Å². The van der Waals surface area contributed by atoms with Crippen LogP contribution < -0.4 is 5.43 Å². The van der Waals surface area contributed by atoms with Crippen LogP contribution in [0.15, 0.2) is 57.7 Å². The van der Waals surface area contributed by atoms with Gasteiger partial charge in [-0.3, -0.25) is 9.59 Å². The molecule has 3 rings (SSSR count). The van der Waals surface area contributed by atoms with Crippen LogP contribution in [-0.4, -0.2) is 24.9 Å². The molecule has 0 aliphatic rings. The minimum atomic E-state index is -0.360. The standard InChI is InChI=1S/C19H17NO3/c1-12-8-7-11-14-16(21)15(19(22)20(2)3)18(23-17(12)14)13-9-5-4-6-10-13/h4-11H,1-3H3. The quantitative estimate of drug-likeness (QED) is 0.728. The fourth-order valence-electron chi connectivity index (χ4n) is 2.57. The van der Waals surface area contributed by atoms with Crippen LogP contribution in [0.3, 0.4) is 0 Å². The lowest BCUT2D eigenvalue weighted by Gasteiger charge is -2.14. The van der Waals surface area contributed by atoms with E-state index in [1.165, 1.54) is 4.90 Å². The maximum atomic E-state index is 12.9. The fraction of sp³-hybridized carbons (Fsp3) is 0.158. The fourth-order valence-corrected chi connectivity index (χ4v) is 2.57. The zero-order chi connectivity index (χ0) is 16.6. The average Bonchev–Trinajstić information content (AvgIpc) is 2.55. The average molecular weight is 307 g/mol. The summed E-state index contributed by atoms with van der Waals surface area (Å²) in [5.41, 5.74) is 1.86. The Balaban J connectivity index is 2.45. The Morgan fingerprint density at radius 2 is 1.70 bits per heavy atom. The molecular formula is C19H17NO3. The second-order valence-corrected chi connectivity index (χ2v) is 5.65. The molecule has 0 saturated carbocycles. The topological polar surface area (TPSA) is 50.5 Å². The first-order chi connectivity index (χ1) is 11.0. The molecule has 0 aliphatic heterocycles. The summed E-state index contributed by atoms with van der Waals surface area (Å²) < 4.78 is 6.01. The van der Waals surface area contributed by atoms with E-state index in [0.29, 0.717) is 22.3 Å². The summed E-state index contributed by atoms with van der Waals surface area (Å²) >= 11 is 0. The van der Waals surface area contributed by atoms with Crippen molar-refractivity contribution in [1.82, 2.24) is 4.90 Å². The van der Waals surface area contributed by atoms with Crippen molar-refractivity contribution < 1.29 is 9.21 Å². The molecule has 0 saturated heterocycles. The molecule has 116 valence electrons. The summed E-state index contributed by atoms with van der Waals surface area (Å²) in [6, 6.07) is 14.6. The molecule has 0 radical (unpaired) electrons. The molecule has 0 atom stereocenters. The van der Waals surface area contributed by atoms with E-state index in [1.54, 1.807) is 26.2 Å². The molecule has 1 aromatic heterocycles. The number of rotatable bonds is 2. The van der Waals surface area contributed by atoms with Crippen molar-refractivity contribution in [2.24, 2.45) is 0 Å². The van der Waals surface area contributed by atoms with E-state index in [1.807, 2.05) is 43.3 Å². The third-order valence-corrected chi connectivity index (χ3v) is 3.77. The molecule has 0 bridgehead atoms. The molecule has 1 heterocycles. The van der Waals surface area contributed by atoms with E-state index in [-0.39, 0.29) is 16.9 Å². The van der Waals surface area contributed by atoms with Crippen LogP contribution >= 0.6 is 0 Å². The van der Waals surface area contributed by atoms with Crippen molar-refractivity contribution in [2.45, 2.75) is 6.92 Å². The minimum absolute atomic E-state index is 0.0688. The Labute approximate surface area is 134 Å². The normalized spacial score (nSPS) is 10.7.